The minimum absolute atomic E-state index is 0.0150. The Morgan fingerprint density at radius 3 is 2.68 bits per heavy atom. The molecule has 1 amide bonds. The highest BCUT2D eigenvalue weighted by atomic mass is 16.2. The van der Waals surface area contributed by atoms with Gasteiger partial charge in [-0.1, -0.05) is 6.92 Å². The van der Waals surface area contributed by atoms with E-state index in [9.17, 15) is 4.79 Å². The minimum atomic E-state index is -0.0150. The number of aryl methyl sites for hydroxylation is 2. The van der Waals surface area contributed by atoms with Crippen LogP contribution in [-0.4, -0.2) is 35.3 Å². The molecule has 1 heterocycles. The Balaban J connectivity index is 2.86. The molecule has 0 aliphatic heterocycles. The van der Waals surface area contributed by atoms with E-state index in [-0.39, 0.29) is 18.5 Å². The van der Waals surface area contributed by atoms with Crippen LogP contribution in [0.2, 0.25) is 0 Å². The zero-order chi connectivity index (χ0) is 14.6. The molecule has 6 heteroatoms. The monoisotopic (exact) mass is 267 g/mol. The van der Waals surface area contributed by atoms with Crippen molar-refractivity contribution in [2.45, 2.75) is 46.7 Å². The SMILES string of the molecule is CCCn1nc(C)c(N)c1N(C)CC(=O)NC(C)C. The summed E-state index contributed by atoms with van der Waals surface area (Å²) in [6, 6.07) is 0.139. The number of nitrogens with one attached hydrogen (secondary N) is 1. The van der Waals surface area contributed by atoms with E-state index in [2.05, 4.69) is 17.3 Å². The molecule has 0 atom stereocenters. The highest BCUT2D eigenvalue weighted by Gasteiger charge is 2.18. The van der Waals surface area contributed by atoms with Crippen molar-refractivity contribution in [1.29, 1.82) is 0 Å². The summed E-state index contributed by atoms with van der Waals surface area (Å²) in [5, 5.41) is 7.28. The van der Waals surface area contributed by atoms with Crippen molar-refractivity contribution >= 4 is 17.4 Å². The van der Waals surface area contributed by atoms with E-state index >= 15 is 0 Å². The summed E-state index contributed by atoms with van der Waals surface area (Å²) in [5.41, 5.74) is 7.51. The molecule has 0 saturated heterocycles. The van der Waals surface area contributed by atoms with Crippen LogP contribution in [0.1, 0.15) is 32.9 Å². The summed E-state index contributed by atoms with van der Waals surface area (Å²) in [7, 11) is 1.86. The van der Waals surface area contributed by atoms with E-state index in [1.807, 2.05) is 37.4 Å². The second-order valence-corrected chi connectivity index (χ2v) is 5.12. The number of amides is 1. The van der Waals surface area contributed by atoms with E-state index < -0.39 is 0 Å². The standard InChI is InChI=1S/C13H25N5O/c1-6-7-18-13(12(14)10(4)16-18)17(5)8-11(19)15-9(2)3/h9H,6-8,14H2,1-5H3,(H,15,19). The molecular formula is C13H25N5O. The summed E-state index contributed by atoms with van der Waals surface area (Å²) in [5.74, 6) is 0.803. The summed E-state index contributed by atoms with van der Waals surface area (Å²) >= 11 is 0. The van der Waals surface area contributed by atoms with Crippen LogP contribution in [0.4, 0.5) is 11.5 Å². The zero-order valence-electron chi connectivity index (χ0n) is 12.5. The molecule has 108 valence electrons. The molecular weight excluding hydrogens is 242 g/mol. The number of hydrogen-bond donors (Lipinski definition) is 2. The first-order chi connectivity index (χ1) is 8.86. The molecule has 3 N–H and O–H groups in total. The van der Waals surface area contributed by atoms with Gasteiger partial charge in [0.1, 0.15) is 0 Å². The van der Waals surface area contributed by atoms with E-state index in [4.69, 9.17) is 5.73 Å². The Labute approximate surface area is 114 Å². The molecule has 0 aliphatic carbocycles. The van der Waals surface area contributed by atoms with Crippen LogP contribution >= 0.6 is 0 Å². The molecule has 1 rings (SSSR count). The molecule has 6 nitrogen and oxygen atoms in total. The van der Waals surface area contributed by atoms with Gasteiger partial charge >= 0.3 is 0 Å². The maximum absolute atomic E-state index is 11.8. The zero-order valence-corrected chi connectivity index (χ0v) is 12.5. The van der Waals surface area contributed by atoms with Gasteiger partial charge in [-0.25, -0.2) is 4.68 Å². The molecule has 0 bridgehead atoms. The smallest absolute Gasteiger partial charge is 0.239 e. The highest BCUT2D eigenvalue weighted by molar-refractivity contribution is 5.82. The van der Waals surface area contributed by atoms with Gasteiger partial charge < -0.3 is 16.0 Å². The number of carbonyl (C=O) groups excluding carboxylic acids is 1. The third-order valence-corrected chi connectivity index (χ3v) is 2.77. The fraction of sp³-hybridized carbons (Fsp3) is 0.692. The maximum atomic E-state index is 11.8. The number of rotatable bonds is 6. The predicted molar refractivity (Wildman–Crippen MR) is 78.2 cm³/mol. The fourth-order valence-electron chi connectivity index (χ4n) is 2.01. The van der Waals surface area contributed by atoms with Gasteiger partial charge in [-0.3, -0.25) is 4.79 Å². The fourth-order valence-corrected chi connectivity index (χ4v) is 2.01. The summed E-state index contributed by atoms with van der Waals surface area (Å²) < 4.78 is 1.87. The molecule has 0 aliphatic rings. The summed E-state index contributed by atoms with van der Waals surface area (Å²) in [6.45, 7) is 8.92. The molecule has 0 unspecified atom stereocenters. The second-order valence-electron chi connectivity index (χ2n) is 5.12. The van der Waals surface area contributed by atoms with Crippen molar-refractivity contribution in [2.75, 3.05) is 24.2 Å². The first-order valence-corrected chi connectivity index (χ1v) is 6.70. The van der Waals surface area contributed by atoms with Gasteiger partial charge in [0.2, 0.25) is 5.91 Å². The van der Waals surface area contributed by atoms with Crippen molar-refractivity contribution in [3.05, 3.63) is 5.69 Å². The molecule has 0 aromatic carbocycles. The normalized spacial score (nSPS) is 10.8. The Bertz CT molecular complexity index is 438. The van der Waals surface area contributed by atoms with E-state index in [1.165, 1.54) is 0 Å². The lowest BCUT2D eigenvalue weighted by molar-refractivity contribution is -0.120. The van der Waals surface area contributed by atoms with Crippen molar-refractivity contribution in [1.82, 2.24) is 15.1 Å². The third kappa shape index (κ3) is 3.87. The average molecular weight is 267 g/mol. The number of nitrogens with zero attached hydrogens (tertiary/aromatic N) is 3. The molecule has 0 fully saturated rings. The van der Waals surface area contributed by atoms with E-state index in [1.54, 1.807) is 0 Å². The number of aromatic nitrogens is 2. The lowest BCUT2D eigenvalue weighted by Crippen LogP contribution is -2.39. The Morgan fingerprint density at radius 2 is 2.16 bits per heavy atom. The first-order valence-electron chi connectivity index (χ1n) is 6.70. The molecule has 1 aromatic heterocycles. The third-order valence-electron chi connectivity index (χ3n) is 2.77. The van der Waals surface area contributed by atoms with Crippen molar-refractivity contribution in [3.8, 4) is 0 Å². The van der Waals surface area contributed by atoms with Gasteiger partial charge in [-0.15, -0.1) is 0 Å². The molecule has 0 saturated carbocycles. The van der Waals surface area contributed by atoms with Crippen LogP contribution in [0.5, 0.6) is 0 Å². The quantitative estimate of drug-likeness (QED) is 0.810. The number of nitrogen functional groups attached to an aromatic ring is 1. The van der Waals surface area contributed by atoms with Crippen LogP contribution in [0.25, 0.3) is 0 Å². The average Bonchev–Trinajstić information content (AvgIpc) is 2.53. The molecule has 0 spiro atoms. The Kier molecular flexibility index (Phi) is 5.20. The highest BCUT2D eigenvalue weighted by Crippen LogP contribution is 2.25. The van der Waals surface area contributed by atoms with Crippen molar-refractivity contribution in [2.24, 2.45) is 0 Å². The molecule has 1 aromatic rings. The Morgan fingerprint density at radius 1 is 1.53 bits per heavy atom. The van der Waals surface area contributed by atoms with Gasteiger partial charge in [-0.05, 0) is 27.2 Å². The van der Waals surface area contributed by atoms with Gasteiger partial charge in [0.25, 0.3) is 0 Å². The van der Waals surface area contributed by atoms with Crippen LogP contribution < -0.4 is 16.0 Å². The predicted octanol–water partition coefficient (Wildman–Crippen LogP) is 1.14. The van der Waals surface area contributed by atoms with Gasteiger partial charge in [0.05, 0.1) is 17.9 Å². The number of nitrogens with two attached hydrogens (primary N) is 1. The largest absolute Gasteiger partial charge is 0.394 e. The first kappa shape index (κ1) is 15.3. The Hall–Kier alpha value is -1.72. The van der Waals surface area contributed by atoms with E-state index in [0.29, 0.717) is 5.69 Å². The molecule has 0 radical (unpaired) electrons. The number of likely N-dealkylation sites (N-methyl/N-ethyl adjacent to an activating group) is 1. The number of carbonyl (C=O) groups is 1. The minimum Gasteiger partial charge on any atom is -0.394 e. The lowest BCUT2D eigenvalue weighted by atomic mass is 10.3. The second kappa shape index (κ2) is 6.45. The summed E-state index contributed by atoms with van der Waals surface area (Å²) in [4.78, 5) is 13.7. The van der Waals surface area contributed by atoms with Crippen LogP contribution in [0, 0.1) is 6.92 Å². The maximum Gasteiger partial charge on any atom is 0.239 e. The van der Waals surface area contributed by atoms with Crippen molar-refractivity contribution in [3.63, 3.8) is 0 Å². The summed E-state index contributed by atoms with van der Waals surface area (Å²) in [6.07, 6.45) is 0.972. The molecule has 19 heavy (non-hydrogen) atoms. The van der Waals surface area contributed by atoms with Crippen LogP contribution in [0.3, 0.4) is 0 Å². The number of anilines is 2. The van der Waals surface area contributed by atoms with Gasteiger partial charge in [0, 0.05) is 19.6 Å². The van der Waals surface area contributed by atoms with Crippen molar-refractivity contribution < 1.29 is 4.79 Å². The van der Waals surface area contributed by atoms with Crippen LogP contribution in [0.15, 0.2) is 0 Å². The van der Waals surface area contributed by atoms with Gasteiger partial charge in [-0.2, -0.15) is 5.10 Å². The lowest BCUT2D eigenvalue weighted by Gasteiger charge is -2.21. The van der Waals surface area contributed by atoms with Crippen LogP contribution in [-0.2, 0) is 11.3 Å². The van der Waals surface area contributed by atoms with Gasteiger partial charge in [0.15, 0.2) is 5.82 Å². The number of hydrogen-bond acceptors (Lipinski definition) is 4. The topological polar surface area (TPSA) is 76.2 Å². The van der Waals surface area contributed by atoms with E-state index in [0.717, 1.165) is 24.5 Å².